The molecular weight excluding hydrogens is 248 g/mol. The third-order valence-corrected chi connectivity index (χ3v) is 4.13. The van der Waals surface area contributed by atoms with Crippen molar-refractivity contribution < 1.29 is 4.79 Å². The second-order valence-electron chi connectivity index (χ2n) is 4.86. The molecule has 0 radical (unpaired) electrons. The summed E-state index contributed by atoms with van der Waals surface area (Å²) < 4.78 is 0. The Morgan fingerprint density at radius 1 is 1.61 bits per heavy atom. The van der Waals surface area contributed by atoms with Crippen LogP contribution in [0.1, 0.15) is 36.9 Å². The standard InChI is InChI=1S/C12H18N4OS/c1-8-9(7-15-16-8)6-14-11(17)12(10(13)18)4-2-3-5-12/h7H,2-6H2,1H3,(H2,13,18)(H,14,17)(H,15,16). The van der Waals surface area contributed by atoms with Crippen molar-refractivity contribution in [2.75, 3.05) is 0 Å². The summed E-state index contributed by atoms with van der Waals surface area (Å²) in [5.74, 6) is -0.0481. The number of amides is 1. The SMILES string of the molecule is Cc1[nH]ncc1CNC(=O)C1(C(N)=S)CCCC1. The number of aromatic nitrogens is 2. The summed E-state index contributed by atoms with van der Waals surface area (Å²) in [6, 6.07) is 0. The molecule has 1 aliphatic rings. The number of nitrogens with one attached hydrogen (secondary N) is 2. The molecule has 1 aromatic rings. The van der Waals surface area contributed by atoms with Crippen LogP contribution in [-0.2, 0) is 11.3 Å². The zero-order valence-corrected chi connectivity index (χ0v) is 11.3. The van der Waals surface area contributed by atoms with Crippen molar-refractivity contribution in [2.24, 2.45) is 11.1 Å². The van der Waals surface area contributed by atoms with Gasteiger partial charge in [-0.25, -0.2) is 0 Å². The van der Waals surface area contributed by atoms with Gasteiger partial charge in [-0.3, -0.25) is 9.89 Å². The number of nitrogens with two attached hydrogens (primary N) is 1. The van der Waals surface area contributed by atoms with Gasteiger partial charge in [0.1, 0.15) is 0 Å². The first kappa shape index (κ1) is 13.0. The van der Waals surface area contributed by atoms with Crippen LogP contribution in [0.2, 0.25) is 0 Å². The van der Waals surface area contributed by atoms with Gasteiger partial charge in [0, 0.05) is 17.8 Å². The average Bonchev–Trinajstić information content (AvgIpc) is 2.95. The zero-order chi connectivity index (χ0) is 13.2. The Morgan fingerprint density at radius 2 is 2.28 bits per heavy atom. The molecule has 0 unspecified atom stereocenters. The number of hydrogen-bond acceptors (Lipinski definition) is 3. The van der Waals surface area contributed by atoms with E-state index in [1.54, 1.807) is 6.20 Å². The Balaban J connectivity index is 2.03. The number of H-pyrrole nitrogens is 1. The fourth-order valence-corrected chi connectivity index (χ4v) is 2.76. The van der Waals surface area contributed by atoms with Crippen molar-refractivity contribution in [1.82, 2.24) is 15.5 Å². The molecule has 0 atom stereocenters. The van der Waals surface area contributed by atoms with Crippen molar-refractivity contribution in [3.05, 3.63) is 17.5 Å². The highest BCUT2D eigenvalue weighted by Gasteiger charge is 2.43. The molecule has 0 spiro atoms. The van der Waals surface area contributed by atoms with Crippen LogP contribution in [-0.4, -0.2) is 21.1 Å². The van der Waals surface area contributed by atoms with Gasteiger partial charge in [0.15, 0.2) is 0 Å². The number of aromatic amines is 1. The van der Waals surface area contributed by atoms with Crippen LogP contribution in [0.15, 0.2) is 6.20 Å². The third-order valence-electron chi connectivity index (χ3n) is 3.74. The van der Waals surface area contributed by atoms with Gasteiger partial charge in [0.2, 0.25) is 5.91 Å². The normalized spacial score (nSPS) is 17.6. The molecule has 4 N–H and O–H groups in total. The van der Waals surface area contributed by atoms with Crippen LogP contribution in [0.25, 0.3) is 0 Å². The molecule has 1 heterocycles. The number of carbonyl (C=O) groups excluding carboxylic acids is 1. The Bertz CT molecular complexity index is 462. The molecular formula is C12H18N4OS. The Kier molecular flexibility index (Phi) is 3.65. The number of thiocarbonyl (C=S) groups is 1. The topological polar surface area (TPSA) is 83.8 Å². The van der Waals surface area contributed by atoms with Crippen molar-refractivity contribution in [3.8, 4) is 0 Å². The lowest BCUT2D eigenvalue weighted by Crippen LogP contribution is -2.47. The van der Waals surface area contributed by atoms with Gasteiger partial charge >= 0.3 is 0 Å². The fourth-order valence-electron chi connectivity index (χ4n) is 2.46. The summed E-state index contributed by atoms with van der Waals surface area (Å²) >= 11 is 5.08. The molecule has 98 valence electrons. The van der Waals surface area contributed by atoms with E-state index in [9.17, 15) is 4.79 Å². The van der Waals surface area contributed by atoms with Crippen molar-refractivity contribution in [1.29, 1.82) is 0 Å². The average molecular weight is 266 g/mol. The number of rotatable bonds is 4. The monoisotopic (exact) mass is 266 g/mol. The predicted molar refractivity (Wildman–Crippen MR) is 72.9 cm³/mol. The molecule has 1 aliphatic carbocycles. The summed E-state index contributed by atoms with van der Waals surface area (Å²) in [4.78, 5) is 12.6. The molecule has 0 saturated heterocycles. The Hall–Kier alpha value is -1.43. The van der Waals surface area contributed by atoms with E-state index < -0.39 is 5.41 Å². The maximum Gasteiger partial charge on any atom is 0.233 e. The highest BCUT2D eigenvalue weighted by Crippen LogP contribution is 2.38. The van der Waals surface area contributed by atoms with Crippen molar-refractivity contribution in [3.63, 3.8) is 0 Å². The van der Waals surface area contributed by atoms with E-state index >= 15 is 0 Å². The van der Waals surface area contributed by atoms with Gasteiger partial charge in [-0.05, 0) is 19.8 Å². The van der Waals surface area contributed by atoms with Crippen LogP contribution in [0.3, 0.4) is 0 Å². The van der Waals surface area contributed by atoms with Gasteiger partial charge in [0.25, 0.3) is 0 Å². The van der Waals surface area contributed by atoms with Crippen LogP contribution in [0.5, 0.6) is 0 Å². The maximum absolute atomic E-state index is 12.3. The van der Waals surface area contributed by atoms with Crippen LogP contribution in [0.4, 0.5) is 0 Å². The quantitative estimate of drug-likeness (QED) is 0.715. The Labute approximate surface area is 112 Å². The second kappa shape index (κ2) is 5.06. The number of nitrogens with zero attached hydrogens (tertiary/aromatic N) is 1. The molecule has 1 saturated carbocycles. The highest BCUT2D eigenvalue weighted by atomic mass is 32.1. The molecule has 0 bridgehead atoms. The van der Waals surface area contributed by atoms with Crippen molar-refractivity contribution in [2.45, 2.75) is 39.2 Å². The highest BCUT2D eigenvalue weighted by molar-refractivity contribution is 7.80. The molecule has 0 aliphatic heterocycles. The summed E-state index contributed by atoms with van der Waals surface area (Å²) in [5.41, 5.74) is 7.08. The van der Waals surface area contributed by atoms with E-state index in [1.165, 1.54) is 0 Å². The Morgan fingerprint density at radius 3 is 2.78 bits per heavy atom. The molecule has 1 aromatic heterocycles. The van der Waals surface area contributed by atoms with Crippen LogP contribution >= 0.6 is 12.2 Å². The van der Waals surface area contributed by atoms with Crippen LogP contribution < -0.4 is 11.1 Å². The number of carbonyl (C=O) groups is 1. The lowest BCUT2D eigenvalue weighted by molar-refractivity contribution is -0.127. The molecule has 18 heavy (non-hydrogen) atoms. The molecule has 1 fully saturated rings. The molecule has 1 amide bonds. The van der Waals surface area contributed by atoms with Gasteiger partial charge in [-0.2, -0.15) is 5.10 Å². The van der Waals surface area contributed by atoms with Gasteiger partial charge in [-0.15, -0.1) is 0 Å². The maximum atomic E-state index is 12.3. The summed E-state index contributed by atoms with van der Waals surface area (Å²) in [5, 5.41) is 9.69. The minimum absolute atomic E-state index is 0.0481. The van der Waals surface area contributed by atoms with Crippen LogP contribution in [0, 0.1) is 12.3 Å². The largest absolute Gasteiger partial charge is 0.392 e. The van der Waals surface area contributed by atoms with E-state index in [0.29, 0.717) is 11.5 Å². The second-order valence-corrected chi connectivity index (χ2v) is 5.30. The van der Waals surface area contributed by atoms with Gasteiger partial charge in [0.05, 0.1) is 16.6 Å². The van der Waals surface area contributed by atoms with E-state index in [4.69, 9.17) is 18.0 Å². The molecule has 2 rings (SSSR count). The minimum atomic E-state index is -0.632. The summed E-state index contributed by atoms with van der Waals surface area (Å²) in [6.07, 6.45) is 5.26. The van der Waals surface area contributed by atoms with Crippen molar-refractivity contribution >= 4 is 23.1 Å². The number of aryl methyl sites for hydroxylation is 1. The predicted octanol–water partition coefficient (Wildman–Crippen LogP) is 1.18. The van der Waals surface area contributed by atoms with Gasteiger partial charge < -0.3 is 11.1 Å². The number of hydrogen-bond donors (Lipinski definition) is 3. The third kappa shape index (κ3) is 2.25. The molecule has 0 aromatic carbocycles. The lowest BCUT2D eigenvalue weighted by Gasteiger charge is -2.26. The molecule has 5 nitrogen and oxygen atoms in total. The zero-order valence-electron chi connectivity index (χ0n) is 10.5. The molecule has 6 heteroatoms. The summed E-state index contributed by atoms with van der Waals surface area (Å²) in [6.45, 7) is 2.39. The fraction of sp³-hybridized carbons (Fsp3) is 0.583. The van der Waals surface area contributed by atoms with E-state index in [0.717, 1.165) is 36.9 Å². The van der Waals surface area contributed by atoms with Gasteiger partial charge in [-0.1, -0.05) is 25.1 Å². The van der Waals surface area contributed by atoms with E-state index in [-0.39, 0.29) is 5.91 Å². The lowest BCUT2D eigenvalue weighted by atomic mass is 9.85. The summed E-state index contributed by atoms with van der Waals surface area (Å²) in [7, 11) is 0. The first-order valence-electron chi connectivity index (χ1n) is 6.13. The first-order chi connectivity index (χ1) is 8.56. The van der Waals surface area contributed by atoms with E-state index in [2.05, 4.69) is 15.5 Å². The first-order valence-corrected chi connectivity index (χ1v) is 6.54. The van der Waals surface area contributed by atoms with E-state index in [1.807, 2.05) is 6.92 Å². The smallest absolute Gasteiger partial charge is 0.233 e. The minimum Gasteiger partial charge on any atom is -0.392 e.